The summed E-state index contributed by atoms with van der Waals surface area (Å²) in [5.41, 5.74) is 11.8. The van der Waals surface area contributed by atoms with Crippen LogP contribution in [0.1, 0.15) is 35.6 Å². The van der Waals surface area contributed by atoms with E-state index >= 15 is 0 Å². The van der Waals surface area contributed by atoms with Crippen molar-refractivity contribution in [2.24, 2.45) is 7.05 Å². The standard InChI is InChI=1S/C23H23N3O2/c1-4-20-18(14-24)21(22(26(20)3)23(27)28-5-2)16-11-12-17(19(25)13-16)15-9-7-6-8-10-15/h6-13H,4-5,25H2,1-3H3. The van der Waals surface area contributed by atoms with Crippen LogP contribution in [-0.2, 0) is 18.2 Å². The number of rotatable bonds is 5. The summed E-state index contributed by atoms with van der Waals surface area (Å²) in [6.07, 6.45) is 0.628. The van der Waals surface area contributed by atoms with Gasteiger partial charge in [-0.05, 0) is 30.5 Å². The third-order valence-corrected chi connectivity index (χ3v) is 4.86. The first-order valence-electron chi connectivity index (χ1n) is 9.27. The number of benzene rings is 2. The molecule has 0 saturated heterocycles. The molecule has 0 aliphatic heterocycles. The largest absolute Gasteiger partial charge is 0.461 e. The molecule has 0 fully saturated rings. The molecule has 3 rings (SSSR count). The lowest BCUT2D eigenvalue weighted by atomic mass is 9.95. The van der Waals surface area contributed by atoms with Crippen LogP contribution in [0.4, 0.5) is 5.69 Å². The van der Waals surface area contributed by atoms with Crippen molar-refractivity contribution < 1.29 is 9.53 Å². The highest BCUT2D eigenvalue weighted by atomic mass is 16.5. The molecule has 0 aliphatic rings. The maximum Gasteiger partial charge on any atom is 0.355 e. The first kappa shape index (κ1) is 19.2. The van der Waals surface area contributed by atoms with Crippen molar-refractivity contribution in [1.82, 2.24) is 4.57 Å². The maximum absolute atomic E-state index is 12.6. The van der Waals surface area contributed by atoms with Gasteiger partial charge >= 0.3 is 5.97 Å². The molecule has 2 aromatic carbocycles. The molecule has 0 saturated carbocycles. The quantitative estimate of drug-likeness (QED) is 0.525. The van der Waals surface area contributed by atoms with Gasteiger partial charge in [-0.2, -0.15) is 5.26 Å². The lowest BCUT2D eigenvalue weighted by Gasteiger charge is -2.11. The Kier molecular flexibility index (Phi) is 5.51. The summed E-state index contributed by atoms with van der Waals surface area (Å²) < 4.78 is 7.01. The zero-order chi connectivity index (χ0) is 20.3. The van der Waals surface area contributed by atoms with Gasteiger partial charge in [-0.1, -0.05) is 49.4 Å². The minimum absolute atomic E-state index is 0.266. The van der Waals surface area contributed by atoms with E-state index in [1.807, 2.05) is 55.5 Å². The van der Waals surface area contributed by atoms with Crippen molar-refractivity contribution in [2.75, 3.05) is 12.3 Å². The molecular weight excluding hydrogens is 350 g/mol. The zero-order valence-electron chi connectivity index (χ0n) is 16.3. The Labute approximate surface area is 165 Å². The maximum atomic E-state index is 12.6. The SMILES string of the molecule is CCOC(=O)c1c(-c2ccc(-c3ccccc3)c(N)c2)c(C#N)c(CC)n1C. The van der Waals surface area contributed by atoms with E-state index in [1.54, 1.807) is 18.5 Å². The summed E-state index contributed by atoms with van der Waals surface area (Å²) in [6, 6.07) is 17.8. The number of hydrogen-bond acceptors (Lipinski definition) is 4. The molecule has 0 bridgehead atoms. The van der Waals surface area contributed by atoms with Gasteiger partial charge in [0.15, 0.2) is 0 Å². The molecule has 28 heavy (non-hydrogen) atoms. The van der Waals surface area contributed by atoms with Crippen molar-refractivity contribution in [2.45, 2.75) is 20.3 Å². The normalized spacial score (nSPS) is 10.5. The van der Waals surface area contributed by atoms with Gasteiger partial charge < -0.3 is 15.0 Å². The van der Waals surface area contributed by atoms with E-state index in [1.165, 1.54) is 0 Å². The van der Waals surface area contributed by atoms with Gasteiger partial charge in [0.05, 0.1) is 12.2 Å². The highest BCUT2D eigenvalue weighted by Gasteiger charge is 2.27. The van der Waals surface area contributed by atoms with Gasteiger partial charge in [-0.3, -0.25) is 0 Å². The van der Waals surface area contributed by atoms with Gasteiger partial charge in [0.2, 0.25) is 0 Å². The number of nitrogens with two attached hydrogens (primary N) is 1. The third kappa shape index (κ3) is 3.25. The number of nitriles is 1. The molecule has 0 unspecified atom stereocenters. The zero-order valence-corrected chi connectivity index (χ0v) is 16.3. The minimum Gasteiger partial charge on any atom is -0.461 e. The number of nitrogen functional groups attached to an aromatic ring is 1. The minimum atomic E-state index is -0.443. The van der Waals surface area contributed by atoms with Crippen LogP contribution in [0, 0.1) is 11.3 Å². The summed E-state index contributed by atoms with van der Waals surface area (Å²) in [5, 5.41) is 9.80. The van der Waals surface area contributed by atoms with Crippen molar-refractivity contribution in [3.05, 3.63) is 65.5 Å². The second-order valence-electron chi connectivity index (χ2n) is 6.46. The number of ether oxygens (including phenoxy) is 1. The van der Waals surface area contributed by atoms with Crippen LogP contribution in [0.15, 0.2) is 48.5 Å². The van der Waals surface area contributed by atoms with Crippen LogP contribution in [0.5, 0.6) is 0 Å². The smallest absolute Gasteiger partial charge is 0.355 e. The third-order valence-electron chi connectivity index (χ3n) is 4.86. The molecule has 0 radical (unpaired) electrons. The number of nitrogens with zero attached hydrogens (tertiary/aromatic N) is 2. The number of hydrogen-bond donors (Lipinski definition) is 1. The monoisotopic (exact) mass is 373 g/mol. The number of esters is 1. The van der Waals surface area contributed by atoms with E-state index in [0.717, 1.165) is 22.4 Å². The highest BCUT2D eigenvalue weighted by Crippen LogP contribution is 2.36. The molecule has 5 nitrogen and oxygen atoms in total. The molecule has 0 atom stereocenters. The second-order valence-corrected chi connectivity index (χ2v) is 6.46. The summed E-state index contributed by atoms with van der Waals surface area (Å²) in [6.45, 7) is 3.99. The van der Waals surface area contributed by atoms with E-state index < -0.39 is 5.97 Å². The average molecular weight is 373 g/mol. The molecule has 0 amide bonds. The summed E-state index contributed by atoms with van der Waals surface area (Å²) in [4.78, 5) is 12.6. The highest BCUT2D eigenvalue weighted by molar-refractivity contribution is 5.99. The second kappa shape index (κ2) is 8.01. The Morgan fingerprint density at radius 1 is 1.14 bits per heavy atom. The van der Waals surface area contributed by atoms with Crippen LogP contribution in [-0.4, -0.2) is 17.1 Å². The molecule has 3 aromatic rings. The Morgan fingerprint density at radius 2 is 1.86 bits per heavy atom. The Balaban J connectivity index is 2.22. The molecule has 2 N–H and O–H groups in total. The van der Waals surface area contributed by atoms with Gasteiger partial charge in [0.1, 0.15) is 11.8 Å². The Bertz CT molecular complexity index is 1060. The summed E-state index contributed by atoms with van der Waals surface area (Å²) in [5.74, 6) is -0.443. The molecular formula is C23H23N3O2. The number of carbonyl (C=O) groups excluding carboxylic acids is 1. The van der Waals surface area contributed by atoms with E-state index in [2.05, 4.69) is 6.07 Å². The Hall–Kier alpha value is -3.52. The van der Waals surface area contributed by atoms with E-state index in [-0.39, 0.29) is 6.61 Å². The van der Waals surface area contributed by atoms with Crippen LogP contribution >= 0.6 is 0 Å². The number of anilines is 1. The molecule has 5 heteroatoms. The predicted molar refractivity (Wildman–Crippen MR) is 111 cm³/mol. The van der Waals surface area contributed by atoms with Crippen LogP contribution in [0.3, 0.4) is 0 Å². The van der Waals surface area contributed by atoms with Gasteiger partial charge in [-0.15, -0.1) is 0 Å². The van der Waals surface area contributed by atoms with Crippen molar-refractivity contribution in [1.29, 1.82) is 5.26 Å². The van der Waals surface area contributed by atoms with Crippen molar-refractivity contribution >= 4 is 11.7 Å². The fourth-order valence-corrected chi connectivity index (χ4v) is 3.59. The molecule has 0 spiro atoms. The summed E-state index contributed by atoms with van der Waals surface area (Å²) in [7, 11) is 1.79. The van der Waals surface area contributed by atoms with Gasteiger partial charge in [0.25, 0.3) is 0 Å². The van der Waals surface area contributed by atoms with Crippen molar-refractivity contribution in [3.8, 4) is 28.3 Å². The van der Waals surface area contributed by atoms with Crippen LogP contribution in [0.25, 0.3) is 22.3 Å². The number of aromatic nitrogens is 1. The molecule has 1 aromatic heterocycles. The van der Waals surface area contributed by atoms with E-state index in [9.17, 15) is 10.1 Å². The lowest BCUT2D eigenvalue weighted by molar-refractivity contribution is 0.0516. The van der Waals surface area contributed by atoms with E-state index in [0.29, 0.717) is 28.9 Å². The first-order valence-corrected chi connectivity index (χ1v) is 9.27. The topological polar surface area (TPSA) is 81.0 Å². The van der Waals surface area contributed by atoms with Gasteiger partial charge in [0, 0.05) is 29.6 Å². The van der Waals surface area contributed by atoms with Crippen LogP contribution in [0.2, 0.25) is 0 Å². The predicted octanol–water partition coefficient (Wildman–Crippen LogP) is 4.55. The molecule has 142 valence electrons. The molecule has 1 heterocycles. The molecule has 0 aliphatic carbocycles. The summed E-state index contributed by atoms with van der Waals surface area (Å²) >= 11 is 0. The Morgan fingerprint density at radius 3 is 2.43 bits per heavy atom. The lowest BCUT2D eigenvalue weighted by Crippen LogP contribution is -2.12. The average Bonchev–Trinajstić information content (AvgIpc) is 3.00. The van der Waals surface area contributed by atoms with Crippen molar-refractivity contribution in [3.63, 3.8) is 0 Å². The fraction of sp³-hybridized carbons (Fsp3) is 0.217. The van der Waals surface area contributed by atoms with Crippen LogP contribution < -0.4 is 5.73 Å². The fourth-order valence-electron chi connectivity index (χ4n) is 3.59. The first-order chi connectivity index (χ1) is 13.5. The van der Waals surface area contributed by atoms with E-state index in [4.69, 9.17) is 10.5 Å². The number of carbonyl (C=O) groups is 1. The van der Waals surface area contributed by atoms with Gasteiger partial charge in [-0.25, -0.2) is 4.79 Å².